The number of amides is 1. The zero-order valence-corrected chi connectivity index (χ0v) is 13.7. The molecule has 0 aromatic carbocycles. The topological polar surface area (TPSA) is 107 Å². The molecule has 1 amide bonds. The molecule has 0 bridgehead atoms. The van der Waals surface area contributed by atoms with E-state index in [1.54, 1.807) is 25.1 Å². The van der Waals surface area contributed by atoms with Crippen molar-refractivity contribution in [3.05, 3.63) is 60.0 Å². The number of hydrogen-bond acceptors (Lipinski definition) is 6. The van der Waals surface area contributed by atoms with E-state index < -0.39 is 15.9 Å². The van der Waals surface area contributed by atoms with Gasteiger partial charge in [0.1, 0.15) is 11.4 Å². The van der Waals surface area contributed by atoms with Crippen LogP contribution in [0.2, 0.25) is 0 Å². The van der Waals surface area contributed by atoms with Gasteiger partial charge in [0.2, 0.25) is 0 Å². The van der Waals surface area contributed by atoms with Crippen molar-refractivity contribution in [2.45, 2.75) is 18.7 Å². The average molecular weight is 346 g/mol. The molecule has 124 valence electrons. The highest BCUT2D eigenvalue weighted by atomic mass is 32.2. The molecule has 0 unspecified atom stereocenters. The summed E-state index contributed by atoms with van der Waals surface area (Å²) in [5.41, 5.74) is 0.847. The summed E-state index contributed by atoms with van der Waals surface area (Å²) >= 11 is 0. The highest BCUT2D eigenvalue weighted by Crippen LogP contribution is 2.23. The van der Waals surface area contributed by atoms with Gasteiger partial charge in [-0.05, 0) is 32.0 Å². The van der Waals surface area contributed by atoms with Gasteiger partial charge in [0.25, 0.3) is 15.9 Å². The van der Waals surface area contributed by atoms with Gasteiger partial charge in [0.15, 0.2) is 10.7 Å². The fourth-order valence-corrected chi connectivity index (χ4v) is 3.74. The number of pyridine rings is 1. The van der Waals surface area contributed by atoms with Crippen LogP contribution in [0, 0.1) is 13.8 Å². The van der Waals surface area contributed by atoms with Crippen LogP contribution in [-0.4, -0.2) is 28.4 Å². The first-order chi connectivity index (χ1) is 11.4. The van der Waals surface area contributed by atoms with Crippen molar-refractivity contribution in [1.29, 1.82) is 0 Å². The van der Waals surface area contributed by atoms with Gasteiger partial charge in [0.05, 0.1) is 5.69 Å². The molecule has 3 aromatic rings. The summed E-state index contributed by atoms with van der Waals surface area (Å²) in [6.45, 7) is 3.08. The molecule has 1 N–H and O–H groups in total. The first kappa shape index (κ1) is 15.9. The zero-order valence-electron chi connectivity index (χ0n) is 12.9. The number of nitrogens with zero attached hydrogens (tertiary/aromatic N) is 3. The van der Waals surface area contributed by atoms with Crippen LogP contribution in [-0.2, 0) is 10.0 Å². The summed E-state index contributed by atoms with van der Waals surface area (Å²) in [7, 11) is -3.84. The van der Waals surface area contributed by atoms with Gasteiger partial charge in [-0.1, -0.05) is 11.2 Å². The molecule has 0 atom stereocenters. The second kappa shape index (κ2) is 5.93. The predicted octanol–water partition coefficient (Wildman–Crippen LogP) is 1.98. The lowest BCUT2D eigenvalue weighted by atomic mass is 10.3. The number of hydrogen-bond donors (Lipinski definition) is 1. The number of aromatic nitrogens is 3. The van der Waals surface area contributed by atoms with Gasteiger partial charge < -0.3 is 9.84 Å². The fourth-order valence-electron chi connectivity index (χ4n) is 2.24. The Labute approximate surface area is 138 Å². The van der Waals surface area contributed by atoms with E-state index in [4.69, 9.17) is 4.52 Å². The van der Waals surface area contributed by atoms with Crippen molar-refractivity contribution in [3.8, 4) is 0 Å². The summed E-state index contributed by atoms with van der Waals surface area (Å²) < 4.78 is 31.2. The van der Waals surface area contributed by atoms with Crippen molar-refractivity contribution in [1.82, 2.24) is 14.1 Å². The predicted molar refractivity (Wildman–Crippen MR) is 85.2 cm³/mol. The fraction of sp³-hybridized carbons (Fsp3) is 0.133. The number of nitrogens with one attached hydrogen (secondary N) is 1. The Hall–Kier alpha value is -2.94. The normalized spacial score (nSPS) is 11.4. The Morgan fingerprint density at radius 3 is 2.67 bits per heavy atom. The van der Waals surface area contributed by atoms with Crippen LogP contribution in [0.1, 0.15) is 21.9 Å². The summed E-state index contributed by atoms with van der Waals surface area (Å²) in [5.74, 6) is -0.219. The molecule has 24 heavy (non-hydrogen) atoms. The molecule has 3 aromatic heterocycles. The van der Waals surface area contributed by atoms with Crippen LogP contribution in [0.4, 0.5) is 5.69 Å². The van der Waals surface area contributed by atoms with E-state index in [9.17, 15) is 13.2 Å². The Morgan fingerprint density at radius 2 is 2.04 bits per heavy atom. The van der Waals surface area contributed by atoms with Gasteiger partial charge in [-0.15, -0.1) is 0 Å². The largest absolute Gasteiger partial charge is 0.360 e. The van der Waals surface area contributed by atoms with Gasteiger partial charge in [-0.3, -0.25) is 9.78 Å². The van der Waals surface area contributed by atoms with Crippen molar-refractivity contribution in [2.75, 3.05) is 5.32 Å². The maximum absolute atomic E-state index is 12.6. The van der Waals surface area contributed by atoms with Crippen molar-refractivity contribution in [3.63, 3.8) is 0 Å². The molecular weight excluding hydrogens is 332 g/mol. The lowest BCUT2D eigenvalue weighted by Gasteiger charge is -2.05. The maximum Gasteiger partial charge on any atom is 0.274 e. The molecule has 0 fully saturated rings. The Kier molecular flexibility index (Phi) is 3.94. The molecule has 9 heteroatoms. The highest BCUT2D eigenvalue weighted by molar-refractivity contribution is 7.90. The van der Waals surface area contributed by atoms with Gasteiger partial charge in [-0.25, -0.2) is 12.4 Å². The molecule has 3 rings (SSSR count). The van der Waals surface area contributed by atoms with Crippen LogP contribution in [0.3, 0.4) is 0 Å². The van der Waals surface area contributed by atoms with Crippen molar-refractivity contribution in [2.24, 2.45) is 0 Å². The zero-order chi connectivity index (χ0) is 17.3. The molecule has 8 nitrogen and oxygen atoms in total. The Bertz CT molecular complexity index is 970. The van der Waals surface area contributed by atoms with Gasteiger partial charge in [-0.2, -0.15) is 0 Å². The monoisotopic (exact) mass is 346 g/mol. The van der Waals surface area contributed by atoms with Crippen molar-refractivity contribution < 1.29 is 17.7 Å². The van der Waals surface area contributed by atoms with E-state index in [0.717, 1.165) is 3.97 Å². The van der Waals surface area contributed by atoms with Crippen LogP contribution in [0.25, 0.3) is 0 Å². The van der Waals surface area contributed by atoms with E-state index in [0.29, 0.717) is 5.69 Å². The lowest BCUT2D eigenvalue weighted by molar-refractivity contribution is 0.102. The summed E-state index contributed by atoms with van der Waals surface area (Å²) in [6, 6.07) is 6.43. The van der Waals surface area contributed by atoms with Crippen LogP contribution >= 0.6 is 0 Å². The summed E-state index contributed by atoms with van der Waals surface area (Å²) in [4.78, 5) is 16.0. The molecule has 0 aliphatic rings. The van der Waals surface area contributed by atoms with Crippen LogP contribution in [0.15, 0.2) is 52.3 Å². The maximum atomic E-state index is 12.6. The summed E-state index contributed by atoms with van der Waals surface area (Å²) in [5, 5.41) is 6.26. The van der Waals surface area contributed by atoms with E-state index >= 15 is 0 Å². The molecule has 0 spiro atoms. The minimum absolute atomic E-state index is 0.0145. The quantitative estimate of drug-likeness (QED) is 0.774. The third-order valence-corrected chi connectivity index (χ3v) is 5.21. The van der Waals surface area contributed by atoms with E-state index in [2.05, 4.69) is 15.5 Å². The van der Waals surface area contributed by atoms with E-state index in [1.165, 1.54) is 31.6 Å². The molecule has 0 aliphatic carbocycles. The SMILES string of the molecule is Cc1noc(C)c1S(=O)(=O)n1ccc(NC(=O)c2ccccn2)c1. The standard InChI is InChI=1S/C15H14N4O4S/c1-10-14(11(2)23-18-10)24(21,22)19-8-6-12(9-19)17-15(20)13-5-3-4-7-16-13/h3-9H,1-2H3,(H,17,20). The molecule has 0 saturated heterocycles. The Morgan fingerprint density at radius 1 is 1.25 bits per heavy atom. The molecular formula is C15H14N4O4S. The number of carbonyl (C=O) groups is 1. The third kappa shape index (κ3) is 2.81. The van der Waals surface area contributed by atoms with Gasteiger partial charge in [0, 0.05) is 18.6 Å². The first-order valence-corrected chi connectivity index (χ1v) is 8.42. The van der Waals surface area contributed by atoms with Crippen molar-refractivity contribution >= 4 is 21.6 Å². The highest BCUT2D eigenvalue weighted by Gasteiger charge is 2.26. The van der Waals surface area contributed by atoms with E-state index in [-0.39, 0.29) is 22.0 Å². The van der Waals surface area contributed by atoms with Gasteiger partial charge >= 0.3 is 0 Å². The number of carbonyl (C=O) groups excluding carboxylic acids is 1. The minimum atomic E-state index is -3.84. The second-order valence-corrected chi connectivity index (χ2v) is 6.84. The molecule has 3 heterocycles. The third-order valence-electron chi connectivity index (χ3n) is 3.33. The van der Waals surface area contributed by atoms with Crippen LogP contribution < -0.4 is 5.32 Å². The second-order valence-electron chi connectivity index (χ2n) is 5.06. The number of rotatable bonds is 4. The average Bonchev–Trinajstić information content (AvgIpc) is 3.15. The summed E-state index contributed by atoms with van der Waals surface area (Å²) in [6.07, 6.45) is 4.15. The minimum Gasteiger partial charge on any atom is -0.360 e. The smallest absolute Gasteiger partial charge is 0.274 e. The lowest BCUT2D eigenvalue weighted by Crippen LogP contribution is -2.14. The number of anilines is 1. The van der Waals surface area contributed by atoms with E-state index in [1.807, 2.05) is 0 Å². The number of aryl methyl sites for hydroxylation is 2. The Balaban J connectivity index is 1.87. The molecule has 0 radical (unpaired) electrons. The molecule has 0 aliphatic heterocycles. The first-order valence-electron chi connectivity index (χ1n) is 6.98. The van der Waals surface area contributed by atoms with Crippen LogP contribution in [0.5, 0.6) is 0 Å². The molecule has 0 saturated carbocycles.